The molecule has 0 radical (unpaired) electrons. The minimum absolute atomic E-state index is 0.0682. The molecule has 0 bridgehead atoms. The van der Waals surface area contributed by atoms with Crippen molar-refractivity contribution >= 4 is 21.6 Å². The van der Waals surface area contributed by atoms with Gasteiger partial charge in [0, 0.05) is 24.7 Å². The summed E-state index contributed by atoms with van der Waals surface area (Å²) in [7, 11) is -3.79. The number of hydrogen-bond donors (Lipinski definition) is 1. The van der Waals surface area contributed by atoms with Crippen LogP contribution in [0, 0.1) is 0 Å². The molecular formula is C18H18N2O6S. The Balaban J connectivity index is 1.49. The summed E-state index contributed by atoms with van der Waals surface area (Å²) < 4.78 is 43.4. The molecular weight excluding hydrogens is 372 g/mol. The number of fused-ring (bicyclic) bond motifs is 1. The van der Waals surface area contributed by atoms with Crippen LogP contribution in [0.25, 0.3) is 0 Å². The Kier molecular flexibility index (Phi) is 4.63. The number of anilines is 1. The van der Waals surface area contributed by atoms with E-state index in [1.807, 2.05) is 0 Å². The fourth-order valence-corrected chi connectivity index (χ4v) is 3.95. The Labute approximate surface area is 156 Å². The maximum absolute atomic E-state index is 12.6. The van der Waals surface area contributed by atoms with E-state index in [0.717, 1.165) is 0 Å². The molecule has 142 valence electrons. The van der Waals surface area contributed by atoms with Gasteiger partial charge in [0.05, 0.1) is 23.8 Å². The molecule has 2 aliphatic rings. The molecule has 0 aliphatic carbocycles. The lowest BCUT2D eigenvalue weighted by Crippen LogP contribution is -2.40. The number of morpholine rings is 1. The minimum Gasteiger partial charge on any atom is -0.454 e. The van der Waals surface area contributed by atoms with Crippen LogP contribution in [0.15, 0.2) is 47.4 Å². The van der Waals surface area contributed by atoms with Crippen LogP contribution >= 0.6 is 0 Å². The molecule has 0 unspecified atom stereocenters. The largest absolute Gasteiger partial charge is 0.454 e. The van der Waals surface area contributed by atoms with E-state index in [9.17, 15) is 13.2 Å². The SMILES string of the molecule is O=C(c1ccc(S(=O)(=O)Nc2ccc3c(c2)OCO3)cc1)N1CCOCC1. The van der Waals surface area contributed by atoms with Gasteiger partial charge in [0.25, 0.3) is 15.9 Å². The first kappa shape index (κ1) is 17.6. The van der Waals surface area contributed by atoms with Crippen molar-refractivity contribution in [2.24, 2.45) is 0 Å². The average molecular weight is 390 g/mol. The maximum atomic E-state index is 12.6. The first-order valence-electron chi connectivity index (χ1n) is 8.42. The number of carbonyl (C=O) groups is 1. The molecule has 4 rings (SSSR count). The maximum Gasteiger partial charge on any atom is 0.261 e. The third-order valence-electron chi connectivity index (χ3n) is 4.33. The lowest BCUT2D eigenvalue weighted by molar-refractivity contribution is 0.0303. The van der Waals surface area contributed by atoms with E-state index in [4.69, 9.17) is 14.2 Å². The van der Waals surface area contributed by atoms with E-state index in [2.05, 4.69) is 4.72 Å². The van der Waals surface area contributed by atoms with E-state index < -0.39 is 10.0 Å². The third kappa shape index (κ3) is 3.69. The Bertz CT molecular complexity index is 952. The molecule has 1 saturated heterocycles. The van der Waals surface area contributed by atoms with Crippen LogP contribution in [-0.4, -0.2) is 52.3 Å². The zero-order chi connectivity index (χ0) is 18.9. The summed E-state index contributed by atoms with van der Waals surface area (Å²) in [6.07, 6.45) is 0. The van der Waals surface area contributed by atoms with Crippen molar-refractivity contribution < 1.29 is 27.4 Å². The van der Waals surface area contributed by atoms with Crippen LogP contribution in [0.5, 0.6) is 11.5 Å². The number of carbonyl (C=O) groups excluding carboxylic acids is 1. The highest BCUT2D eigenvalue weighted by molar-refractivity contribution is 7.92. The van der Waals surface area contributed by atoms with Crippen molar-refractivity contribution in [3.8, 4) is 11.5 Å². The second-order valence-electron chi connectivity index (χ2n) is 6.10. The third-order valence-corrected chi connectivity index (χ3v) is 5.73. The zero-order valence-electron chi connectivity index (χ0n) is 14.4. The van der Waals surface area contributed by atoms with Crippen LogP contribution in [0.3, 0.4) is 0 Å². The Morgan fingerprint density at radius 1 is 0.963 bits per heavy atom. The van der Waals surface area contributed by atoms with Gasteiger partial charge in [-0.1, -0.05) is 0 Å². The Morgan fingerprint density at radius 3 is 2.41 bits per heavy atom. The molecule has 9 heteroatoms. The van der Waals surface area contributed by atoms with Gasteiger partial charge >= 0.3 is 0 Å². The van der Waals surface area contributed by atoms with Gasteiger partial charge in [0.1, 0.15) is 0 Å². The van der Waals surface area contributed by atoms with Crippen molar-refractivity contribution in [3.05, 3.63) is 48.0 Å². The normalized spacial score (nSPS) is 16.2. The topological polar surface area (TPSA) is 94.2 Å². The van der Waals surface area contributed by atoms with Crippen molar-refractivity contribution in [2.45, 2.75) is 4.90 Å². The number of benzene rings is 2. The van der Waals surface area contributed by atoms with E-state index in [1.54, 1.807) is 23.1 Å². The number of amides is 1. The van der Waals surface area contributed by atoms with Crippen molar-refractivity contribution in [3.63, 3.8) is 0 Å². The molecule has 1 N–H and O–H groups in total. The van der Waals surface area contributed by atoms with E-state index >= 15 is 0 Å². The summed E-state index contributed by atoms with van der Waals surface area (Å²) in [6, 6.07) is 10.7. The molecule has 2 aliphatic heterocycles. The van der Waals surface area contributed by atoms with E-state index in [0.29, 0.717) is 49.1 Å². The second-order valence-corrected chi connectivity index (χ2v) is 7.78. The van der Waals surface area contributed by atoms with Crippen molar-refractivity contribution in [1.82, 2.24) is 4.90 Å². The van der Waals surface area contributed by atoms with E-state index in [-0.39, 0.29) is 17.6 Å². The predicted octanol–water partition coefficient (Wildman–Crippen LogP) is 1.69. The molecule has 0 spiro atoms. The lowest BCUT2D eigenvalue weighted by Gasteiger charge is -2.26. The van der Waals surface area contributed by atoms with Gasteiger partial charge in [0.15, 0.2) is 11.5 Å². The van der Waals surface area contributed by atoms with Crippen molar-refractivity contribution in [1.29, 1.82) is 0 Å². The zero-order valence-corrected chi connectivity index (χ0v) is 15.2. The van der Waals surface area contributed by atoms with E-state index in [1.165, 1.54) is 24.3 Å². The van der Waals surface area contributed by atoms with Gasteiger partial charge in [-0.2, -0.15) is 0 Å². The second kappa shape index (κ2) is 7.09. The molecule has 0 aromatic heterocycles. The van der Waals surface area contributed by atoms with Gasteiger partial charge in [0.2, 0.25) is 6.79 Å². The van der Waals surface area contributed by atoms with Crippen LogP contribution in [-0.2, 0) is 14.8 Å². The minimum atomic E-state index is -3.79. The fraction of sp³-hybridized carbons (Fsp3) is 0.278. The quantitative estimate of drug-likeness (QED) is 0.854. The molecule has 1 amide bonds. The molecule has 2 heterocycles. The molecule has 27 heavy (non-hydrogen) atoms. The number of sulfonamides is 1. The van der Waals surface area contributed by atoms with Gasteiger partial charge in [-0.3, -0.25) is 9.52 Å². The molecule has 0 saturated carbocycles. The smallest absolute Gasteiger partial charge is 0.261 e. The average Bonchev–Trinajstić information content (AvgIpc) is 3.16. The summed E-state index contributed by atoms with van der Waals surface area (Å²) >= 11 is 0. The Morgan fingerprint density at radius 2 is 1.67 bits per heavy atom. The summed E-state index contributed by atoms with van der Waals surface area (Å²) in [5.74, 6) is 0.927. The number of rotatable bonds is 4. The summed E-state index contributed by atoms with van der Waals surface area (Å²) in [6.45, 7) is 2.20. The first-order chi connectivity index (χ1) is 13.0. The van der Waals surface area contributed by atoms with Gasteiger partial charge in [-0.05, 0) is 36.4 Å². The number of nitrogens with zero attached hydrogens (tertiary/aromatic N) is 1. The summed E-state index contributed by atoms with van der Waals surface area (Å²) in [4.78, 5) is 14.2. The van der Waals surface area contributed by atoms with Crippen LogP contribution in [0.1, 0.15) is 10.4 Å². The molecule has 2 aromatic rings. The molecule has 8 nitrogen and oxygen atoms in total. The Hall–Kier alpha value is -2.78. The van der Waals surface area contributed by atoms with Crippen LogP contribution < -0.4 is 14.2 Å². The molecule has 2 aromatic carbocycles. The highest BCUT2D eigenvalue weighted by atomic mass is 32.2. The van der Waals surface area contributed by atoms with Gasteiger partial charge < -0.3 is 19.1 Å². The van der Waals surface area contributed by atoms with Crippen LogP contribution in [0.2, 0.25) is 0 Å². The monoisotopic (exact) mass is 390 g/mol. The number of hydrogen-bond acceptors (Lipinski definition) is 6. The lowest BCUT2D eigenvalue weighted by atomic mass is 10.2. The summed E-state index contributed by atoms with van der Waals surface area (Å²) in [5.41, 5.74) is 0.812. The fourth-order valence-electron chi connectivity index (χ4n) is 2.90. The molecule has 0 atom stereocenters. The van der Waals surface area contributed by atoms with Gasteiger partial charge in [-0.15, -0.1) is 0 Å². The standard InChI is InChI=1S/C18H18N2O6S/c21-18(20-7-9-24-10-8-20)13-1-4-15(5-2-13)27(22,23)19-14-3-6-16-17(11-14)26-12-25-16/h1-6,11,19H,7-10,12H2. The van der Waals surface area contributed by atoms with Crippen molar-refractivity contribution in [2.75, 3.05) is 37.8 Å². The number of nitrogens with one attached hydrogen (secondary N) is 1. The van der Waals surface area contributed by atoms with Gasteiger partial charge in [-0.25, -0.2) is 8.42 Å². The number of ether oxygens (including phenoxy) is 3. The van der Waals surface area contributed by atoms with Crippen LogP contribution in [0.4, 0.5) is 5.69 Å². The predicted molar refractivity (Wildman–Crippen MR) is 96.5 cm³/mol. The summed E-state index contributed by atoms with van der Waals surface area (Å²) in [5, 5.41) is 0. The molecule has 1 fully saturated rings. The highest BCUT2D eigenvalue weighted by Gasteiger charge is 2.21. The first-order valence-corrected chi connectivity index (χ1v) is 9.91. The highest BCUT2D eigenvalue weighted by Crippen LogP contribution is 2.34.